The summed E-state index contributed by atoms with van der Waals surface area (Å²) in [5.41, 5.74) is 2.20. The van der Waals surface area contributed by atoms with Gasteiger partial charge >= 0.3 is 6.09 Å². The second-order valence-corrected chi connectivity index (χ2v) is 8.59. The first-order valence-electron chi connectivity index (χ1n) is 10.5. The van der Waals surface area contributed by atoms with Crippen molar-refractivity contribution >= 4 is 17.9 Å². The number of rotatable bonds is 8. The predicted octanol–water partition coefficient (Wildman–Crippen LogP) is 4.97. The molecule has 3 rings (SSSR count). The van der Waals surface area contributed by atoms with E-state index in [1.807, 2.05) is 13.0 Å². The zero-order valence-corrected chi connectivity index (χ0v) is 18.7. The van der Waals surface area contributed by atoms with Gasteiger partial charge in [0.05, 0.1) is 18.7 Å². The number of ether oxygens (including phenoxy) is 2. The molecule has 1 aromatic carbocycles. The topological polar surface area (TPSA) is 76.6 Å². The lowest BCUT2D eigenvalue weighted by molar-refractivity contribution is 0.177. The van der Waals surface area contributed by atoms with Crippen LogP contribution in [0.5, 0.6) is 5.75 Å². The molecule has 1 saturated heterocycles. The summed E-state index contributed by atoms with van der Waals surface area (Å²) in [6.45, 7) is 13.6. The first-order valence-corrected chi connectivity index (χ1v) is 10.5. The highest BCUT2D eigenvalue weighted by Gasteiger charge is 2.37. The van der Waals surface area contributed by atoms with Gasteiger partial charge in [-0.3, -0.25) is 4.90 Å². The van der Waals surface area contributed by atoms with Gasteiger partial charge in [-0.15, -0.1) is 0 Å². The Bertz CT molecular complexity index is 885. The van der Waals surface area contributed by atoms with E-state index in [-0.39, 0.29) is 24.1 Å². The Morgan fingerprint density at radius 2 is 2.00 bits per heavy atom. The summed E-state index contributed by atoms with van der Waals surface area (Å²) >= 11 is 0. The molecule has 1 fully saturated rings. The van der Waals surface area contributed by atoms with E-state index >= 15 is 0 Å². The number of hydrogen-bond acceptors (Lipinski definition) is 6. The van der Waals surface area contributed by atoms with Crippen LogP contribution in [-0.2, 0) is 4.74 Å². The Kier molecular flexibility index (Phi) is 6.80. The number of carbonyl (C=O) groups excluding carboxylic acids is 1. The van der Waals surface area contributed by atoms with Crippen LogP contribution in [0.1, 0.15) is 51.8 Å². The molecule has 0 aliphatic carbocycles. The van der Waals surface area contributed by atoms with Crippen LogP contribution in [0.4, 0.5) is 16.6 Å². The number of carbonyl (C=O) groups is 1. The Balaban J connectivity index is 1.73. The van der Waals surface area contributed by atoms with Crippen molar-refractivity contribution in [3.8, 4) is 5.75 Å². The van der Waals surface area contributed by atoms with Gasteiger partial charge in [0, 0.05) is 6.20 Å². The Hall–Kier alpha value is -2.83. The van der Waals surface area contributed by atoms with Crippen molar-refractivity contribution in [2.75, 3.05) is 23.4 Å². The molecule has 2 heterocycles. The number of hydrogen-bond donors (Lipinski definition) is 1. The number of anilines is 2. The highest BCUT2D eigenvalue weighted by Crippen LogP contribution is 2.28. The molecule has 2 aromatic rings. The van der Waals surface area contributed by atoms with E-state index in [4.69, 9.17) is 9.47 Å². The van der Waals surface area contributed by atoms with E-state index in [9.17, 15) is 4.79 Å². The minimum atomic E-state index is -0.362. The van der Waals surface area contributed by atoms with Gasteiger partial charge in [-0.1, -0.05) is 39.8 Å². The molecule has 0 saturated carbocycles. The molecule has 0 unspecified atom stereocenters. The van der Waals surface area contributed by atoms with E-state index in [0.717, 1.165) is 16.9 Å². The van der Waals surface area contributed by atoms with E-state index in [2.05, 4.69) is 62.0 Å². The molecule has 2 atom stereocenters. The lowest BCUT2D eigenvalue weighted by Gasteiger charge is -2.24. The monoisotopic (exact) mass is 412 g/mol. The van der Waals surface area contributed by atoms with Crippen LogP contribution in [0.2, 0.25) is 0 Å². The Morgan fingerprint density at radius 1 is 1.23 bits per heavy atom. The quantitative estimate of drug-likeness (QED) is 0.659. The van der Waals surface area contributed by atoms with Crippen LogP contribution in [0.3, 0.4) is 0 Å². The molecular weight excluding hydrogens is 380 g/mol. The predicted molar refractivity (Wildman–Crippen MR) is 118 cm³/mol. The number of amides is 1. The lowest BCUT2D eigenvalue weighted by Crippen LogP contribution is -2.37. The second kappa shape index (κ2) is 9.32. The van der Waals surface area contributed by atoms with Gasteiger partial charge in [-0.2, -0.15) is 4.98 Å². The number of nitrogens with one attached hydrogen (secondary N) is 1. The standard InChI is InChI=1S/C23H32N4O3/c1-14(2)12-29-20-8-7-18(11-16(20)5)17(6)25-22-24-10-9-21(26-22)27-19(15(3)4)13-30-23(27)28/h7-11,14-15,17,19H,12-13H2,1-6H3,(H,24,25,26)/t17-,19+/m0/s1. The van der Waals surface area contributed by atoms with Crippen molar-refractivity contribution in [1.82, 2.24) is 9.97 Å². The molecule has 0 spiro atoms. The van der Waals surface area contributed by atoms with Crippen LogP contribution < -0.4 is 15.0 Å². The van der Waals surface area contributed by atoms with Crippen LogP contribution in [0.25, 0.3) is 0 Å². The van der Waals surface area contributed by atoms with Crippen LogP contribution in [0.15, 0.2) is 30.5 Å². The average Bonchev–Trinajstić information content (AvgIpc) is 3.09. The average molecular weight is 413 g/mol. The third-order valence-corrected chi connectivity index (χ3v) is 5.18. The summed E-state index contributed by atoms with van der Waals surface area (Å²) < 4.78 is 11.1. The van der Waals surface area contributed by atoms with Gasteiger partial charge < -0.3 is 14.8 Å². The van der Waals surface area contributed by atoms with Crippen LogP contribution in [0, 0.1) is 18.8 Å². The molecule has 30 heavy (non-hydrogen) atoms. The third-order valence-electron chi connectivity index (χ3n) is 5.18. The molecule has 1 aromatic heterocycles. The second-order valence-electron chi connectivity index (χ2n) is 8.59. The third kappa shape index (κ3) is 5.01. The fraction of sp³-hybridized carbons (Fsp3) is 0.522. The molecular formula is C23H32N4O3. The molecule has 0 bridgehead atoms. The van der Waals surface area contributed by atoms with E-state index in [0.29, 0.717) is 30.9 Å². The van der Waals surface area contributed by atoms with Gasteiger partial charge in [0.25, 0.3) is 0 Å². The summed E-state index contributed by atoms with van der Waals surface area (Å²) in [7, 11) is 0. The fourth-order valence-corrected chi connectivity index (χ4v) is 3.38. The maximum atomic E-state index is 12.2. The van der Waals surface area contributed by atoms with Crippen LogP contribution >= 0.6 is 0 Å². The van der Waals surface area contributed by atoms with E-state index in [1.54, 1.807) is 17.2 Å². The molecule has 1 amide bonds. The van der Waals surface area contributed by atoms with E-state index < -0.39 is 0 Å². The maximum absolute atomic E-state index is 12.2. The molecule has 1 aliphatic rings. The number of aromatic nitrogens is 2. The lowest BCUT2D eigenvalue weighted by atomic mass is 10.0. The van der Waals surface area contributed by atoms with Crippen molar-refractivity contribution in [2.45, 2.75) is 53.6 Å². The van der Waals surface area contributed by atoms with Gasteiger partial charge in [0.2, 0.25) is 5.95 Å². The first kappa shape index (κ1) is 21.9. The minimum Gasteiger partial charge on any atom is -0.493 e. The summed E-state index contributed by atoms with van der Waals surface area (Å²) in [6.07, 6.45) is 1.30. The van der Waals surface area contributed by atoms with Crippen molar-refractivity contribution in [3.63, 3.8) is 0 Å². The smallest absolute Gasteiger partial charge is 0.415 e. The molecule has 7 nitrogen and oxygen atoms in total. The van der Waals surface area contributed by atoms with Crippen molar-refractivity contribution in [3.05, 3.63) is 41.6 Å². The number of benzene rings is 1. The Labute approximate surface area is 178 Å². The normalized spacial score (nSPS) is 17.4. The maximum Gasteiger partial charge on any atom is 0.415 e. The van der Waals surface area contributed by atoms with Crippen molar-refractivity contribution in [2.24, 2.45) is 11.8 Å². The molecule has 0 radical (unpaired) electrons. The van der Waals surface area contributed by atoms with Crippen molar-refractivity contribution < 1.29 is 14.3 Å². The highest BCUT2D eigenvalue weighted by atomic mass is 16.6. The minimum absolute atomic E-state index is 0.00970. The first-order chi connectivity index (χ1) is 14.3. The van der Waals surface area contributed by atoms with Gasteiger partial charge in [-0.25, -0.2) is 9.78 Å². The molecule has 1 N–H and O–H groups in total. The zero-order chi connectivity index (χ0) is 21.8. The zero-order valence-electron chi connectivity index (χ0n) is 18.7. The summed E-state index contributed by atoms with van der Waals surface area (Å²) in [5.74, 6) is 2.68. The summed E-state index contributed by atoms with van der Waals surface area (Å²) in [6, 6.07) is 7.88. The number of aryl methyl sites for hydroxylation is 1. The van der Waals surface area contributed by atoms with E-state index in [1.165, 1.54) is 0 Å². The summed E-state index contributed by atoms with van der Waals surface area (Å²) in [5, 5.41) is 3.34. The Morgan fingerprint density at radius 3 is 2.67 bits per heavy atom. The molecule has 162 valence electrons. The van der Waals surface area contributed by atoms with Gasteiger partial charge in [0.15, 0.2) is 0 Å². The molecule has 1 aliphatic heterocycles. The fourth-order valence-electron chi connectivity index (χ4n) is 3.38. The molecule has 7 heteroatoms. The largest absolute Gasteiger partial charge is 0.493 e. The number of cyclic esters (lactones) is 1. The SMILES string of the molecule is Cc1cc([C@H](C)Nc2nccc(N3C(=O)OC[C@@H]3C(C)C)n2)ccc1OCC(C)C. The van der Waals surface area contributed by atoms with Gasteiger partial charge in [0.1, 0.15) is 18.2 Å². The van der Waals surface area contributed by atoms with Crippen LogP contribution in [-0.4, -0.2) is 35.3 Å². The number of nitrogens with zero attached hydrogens (tertiary/aromatic N) is 3. The summed E-state index contributed by atoms with van der Waals surface area (Å²) in [4.78, 5) is 22.7. The highest BCUT2D eigenvalue weighted by molar-refractivity contribution is 5.89. The van der Waals surface area contributed by atoms with Gasteiger partial charge in [-0.05, 0) is 48.9 Å². The van der Waals surface area contributed by atoms with Crippen molar-refractivity contribution in [1.29, 1.82) is 0 Å².